The van der Waals surface area contributed by atoms with Crippen LogP contribution in [0.2, 0.25) is 5.02 Å². The van der Waals surface area contributed by atoms with Crippen LogP contribution in [0, 0.1) is 12.7 Å². The molecule has 4 heteroatoms. The molecule has 18 heavy (non-hydrogen) atoms. The van der Waals surface area contributed by atoms with Gasteiger partial charge in [-0.25, -0.2) is 4.39 Å². The largest absolute Gasteiger partial charge is 0.384 e. The summed E-state index contributed by atoms with van der Waals surface area (Å²) >= 11 is 9.16. The Morgan fingerprint density at radius 1 is 1.17 bits per heavy atom. The van der Waals surface area contributed by atoms with Crippen LogP contribution >= 0.6 is 27.5 Å². The Balaban J connectivity index is 2.47. The smallest absolute Gasteiger partial charge is 0.129 e. The van der Waals surface area contributed by atoms with Crippen molar-refractivity contribution in [3.05, 3.63) is 68.4 Å². The van der Waals surface area contributed by atoms with Gasteiger partial charge in [0.1, 0.15) is 11.9 Å². The van der Waals surface area contributed by atoms with Crippen LogP contribution in [0.25, 0.3) is 0 Å². The van der Waals surface area contributed by atoms with E-state index < -0.39 is 11.9 Å². The second-order valence-electron chi connectivity index (χ2n) is 4.09. The van der Waals surface area contributed by atoms with Crippen molar-refractivity contribution in [2.45, 2.75) is 13.0 Å². The molecule has 0 aliphatic carbocycles. The van der Waals surface area contributed by atoms with Gasteiger partial charge < -0.3 is 5.11 Å². The molecule has 0 saturated heterocycles. The molecule has 2 aromatic carbocycles. The van der Waals surface area contributed by atoms with Gasteiger partial charge in [-0.15, -0.1) is 0 Å². The quantitative estimate of drug-likeness (QED) is 0.851. The molecule has 2 rings (SSSR count). The van der Waals surface area contributed by atoms with Gasteiger partial charge in [0.15, 0.2) is 0 Å². The molecule has 0 aliphatic heterocycles. The van der Waals surface area contributed by atoms with Crippen molar-refractivity contribution < 1.29 is 9.50 Å². The van der Waals surface area contributed by atoms with Crippen LogP contribution in [0.1, 0.15) is 22.8 Å². The highest BCUT2D eigenvalue weighted by atomic mass is 79.9. The number of hydrogen-bond donors (Lipinski definition) is 1. The third-order valence-corrected chi connectivity index (χ3v) is 3.63. The molecule has 0 amide bonds. The highest BCUT2D eigenvalue weighted by Crippen LogP contribution is 2.32. The number of aliphatic hydroxyl groups excluding tert-OH is 1. The van der Waals surface area contributed by atoms with Gasteiger partial charge in [0.25, 0.3) is 0 Å². The van der Waals surface area contributed by atoms with E-state index in [-0.39, 0.29) is 5.56 Å². The van der Waals surface area contributed by atoms with Crippen molar-refractivity contribution in [3.63, 3.8) is 0 Å². The monoisotopic (exact) mass is 328 g/mol. The van der Waals surface area contributed by atoms with Gasteiger partial charge in [0, 0.05) is 15.1 Å². The highest BCUT2D eigenvalue weighted by molar-refractivity contribution is 9.10. The van der Waals surface area contributed by atoms with Crippen molar-refractivity contribution in [2.75, 3.05) is 0 Å². The van der Waals surface area contributed by atoms with Crippen molar-refractivity contribution in [2.24, 2.45) is 0 Å². The van der Waals surface area contributed by atoms with Crippen molar-refractivity contribution in [1.82, 2.24) is 0 Å². The zero-order chi connectivity index (χ0) is 13.3. The number of hydrogen-bond acceptors (Lipinski definition) is 1. The van der Waals surface area contributed by atoms with E-state index in [0.717, 1.165) is 5.56 Å². The first kappa shape index (κ1) is 13.5. The van der Waals surface area contributed by atoms with Gasteiger partial charge in [-0.3, -0.25) is 0 Å². The lowest BCUT2D eigenvalue weighted by Crippen LogP contribution is -2.04. The predicted octanol–water partition coefficient (Wildman–Crippen LogP) is 4.63. The van der Waals surface area contributed by atoms with Crippen LogP contribution in [0.15, 0.2) is 40.9 Å². The molecule has 0 fully saturated rings. The topological polar surface area (TPSA) is 20.2 Å². The van der Waals surface area contributed by atoms with Gasteiger partial charge in [-0.05, 0) is 30.7 Å². The summed E-state index contributed by atoms with van der Waals surface area (Å²) in [6, 6.07) is 9.69. The van der Waals surface area contributed by atoms with Crippen LogP contribution in [-0.4, -0.2) is 5.11 Å². The fourth-order valence-electron chi connectivity index (χ4n) is 1.76. The van der Waals surface area contributed by atoms with Crippen LogP contribution in [0.4, 0.5) is 4.39 Å². The van der Waals surface area contributed by atoms with Crippen molar-refractivity contribution in [3.8, 4) is 0 Å². The standard InChI is InChI=1S/C14H11BrClFO/c1-8-2-5-13(17)11(6-8)14(18)10-4-3-9(16)7-12(10)15/h2-7,14,18H,1H3. The zero-order valence-electron chi connectivity index (χ0n) is 9.62. The number of halogens is 3. The average Bonchev–Trinajstić information content (AvgIpc) is 2.31. The summed E-state index contributed by atoms with van der Waals surface area (Å²) in [6.07, 6.45) is -1.02. The Hall–Kier alpha value is -0.900. The molecule has 0 spiro atoms. The molecular weight excluding hydrogens is 319 g/mol. The summed E-state index contributed by atoms with van der Waals surface area (Å²) < 4.78 is 14.4. The van der Waals surface area contributed by atoms with E-state index in [2.05, 4.69) is 15.9 Å². The molecule has 0 radical (unpaired) electrons. The minimum atomic E-state index is -1.02. The predicted molar refractivity (Wildman–Crippen MR) is 74.4 cm³/mol. The number of aryl methyl sites for hydroxylation is 1. The second kappa shape index (κ2) is 5.39. The number of rotatable bonds is 2. The maximum atomic E-state index is 13.7. The Morgan fingerprint density at radius 3 is 2.56 bits per heavy atom. The highest BCUT2D eigenvalue weighted by Gasteiger charge is 2.17. The molecule has 0 heterocycles. The van der Waals surface area contributed by atoms with E-state index in [1.807, 2.05) is 6.92 Å². The van der Waals surface area contributed by atoms with Gasteiger partial charge in [0.05, 0.1) is 0 Å². The third-order valence-electron chi connectivity index (χ3n) is 2.70. The van der Waals surface area contributed by atoms with Crippen molar-refractivity contribution >= 4 is 27.5 Å². The Bertz CT molecular complexity index is 586. The molecule has 1 nitrogen and oxygen atoms in total. The molecule has 94 valence electrons. The van der Waals surface area contributed by atoms with Crippen molar-refractivity contribution in [1.29, 1.82) is 0 Å². The summed E-state index contributed by atoms with van der Waals surface area (Å²) in [5.41, 5.74) is 1.75. The normalized spacial score (nSPS) is 12.5. The zero-order valence-corrected chi connectivity index (χ0v) is 12.0. The molecule has 1 N–H and O–H groups in total. The fraction of sp³-hybridized carbons (Fsp3) is 0.143. The molecule has 0 aliphatic rings. The first-order valence-electron chi connectivity index (χ1n) is 5.38. The summed E-state index contributed by atoms with van der Waals surface area (Å²) in [5.74, 6) is -0.421. The molecule has 0 aromatic heterocycles. The van der Waals surface area contributed by atoms with Gasteiger partial charge in [0.2, 0.25) is 0 Å². The third kappa shape index (κ3) is 2.74. The van der Waals surface area contributed by atoms with Crippen LogP contribution in [0.3, 0.4) is 0 Å². The van der Waals surface area contributed by atoms with E-state index in [1.54, 1.807) is 30.3 Å². The lowest BCUT2D eigenvalue weighted by Gasteiger charge is -2.15. The molecule has 0 bridgehead atoms. The van der Waals surface area contributed by atoms with E-state index >= 15 is 0 Å². The first-order valence-corrected chi connectivity index (χ1v) is 6.55. The minimum absolute atomic E-state index is 0.262. The average molecular weight is 330 g/mol. The van der Waals surface area contributed by atoms with Gasteiger partial charge >= 0.3 is 0 Å². The summed E-state index contributed by atoms with van der Waals surface area (Å²) in [5, 5.41) is 10.8. The van der Waals surface area contributed by atoms with Gasteiger partial charge in [-0.2, -0.15) is 0 Å². The molecule has 1 atom stereocenters. The maximum absolute atomic E-state index is 13.7. The SMILES string of the molecule is Cc1ccc(F)c(C(O)c2ccc(Cl)cc2Br)c1. The summed E-state index contributed by atoms with van der Waals surface area (Å²) in [4.78, 5) is 0. The lowest BCUT2D eigenvalue weighted by atomic mass is 9.99. The number of benzene rings is 2. The van der Waals surface area contributed by atoms with Gasteiger partial charge in [-0.1, -0.05) is 51.3 Å². The minimum Gasteiger partial charge on any atom is -0.384 e. The fourth-order valence-corrected chi connectivity index (χ4v) is 2.66. The maximum Gasteiger partial charge on any atom is 0.129 e. The van der Waals surface area contributed by atoms with E-state index in [0.29, 0.717) is 15.1 Å². The molecule has 0 saturated carbocycles. The Kier molecular flexibility index (Phi) is 4.05. The van der Waals surface area contributed by atoms with E-state index in [1.165, 1.54) is 6.07 Å². The lowest BCUT2D eigenvalue weighted by molar-refractivity contribution is 0.214. The molecular formula is C14H11BrClFO. The van der Waals surface area contributed by atoms with Crippen LogP contribution in [0.5, 0.6) is 0 Å². The first-order chi connectivity index (χ1) is 8.49. The summed E-state index contributed by atoms with van der Waals surface area (Å²) in [7, 11) is 0. The van der Waals surface area contributed by atoms with E-state index in [4.69, 9.17) is 11.6 Å². The summed E-state index contributed by atoms with van der Waals surface area (Å²) in [6.45, 7) is 1.85. The van der Waals surface area contributed by atoms with Crippen LogP contribution < -0.4 is 0 Å². The molecule has 1 unspecified atom stereocenters. The Morgan fingerprint density at radius 2 is 1.89 bits per heavy atom. The Labute approximate surface area is 118 Å². The number of aliphatic hydroxyl groups is 1. The van der Waals surface area contributed by atoms with E-state index in [9.17, 15) is 9.50 Å². The second-order valence-corrected chi connectivity index (χ2v) is 5.38. The van der Waals surface area contributed by atoms with Crippen LogP contribution in [-0.2, 0) is 0 Å². The molecule has 2 aromatic rings.